The monoisotopic (exact) mass is 399 g/mol. The molecule has 1 saturated carbocycles. The summed E-state index contributed by atoms with van der Waals surface area (Å²) in [6, 6.07) is 4.64. The molecule has 1 fully saturated rings. The summed E-state index contributed by atoms with van der Waals surface area (Å²) < 4.78 is 0. The molecule has 3 amide bonds. The fourth-order valence-electron chi connectivity index (χ4n) is 2.96. The first-order chi connectivity index (χ1) is 12.4. The van der Waals surface area contributed by atoms with Crippen LogP contribution in [0.25, 0.3) is 0 Å². The summed E-state index contributed by atoms with van der Waals surface area (Å²) in [6.07, 6.45) is 4.39. The van der Waals surface area contributed by atoms with Crippen LogP contribution in [-0.4, -0.2) is 36.9 Å². The molecule has 142 valence electrons. The van der Waals surface area contributed by atoms with Gasteiger partial charge in [-0.3, -0.25) is 14.4 Å². The topological polar surface area (TPSA) is 87.3 Å². The minimum Gasteiger partial charge on any atom is -0.352 e. The number of halogens is 2. The maximum atomic E-state index is 12.0. The third-order valence-electron chi connectivity index (χ3n) is 4.49. The molecule has 0 radical (unpaired) electrons. The lowest BCUT2D eigenvalue weighted by molar-refractivity contribution is -0.126. The summed E-state index contributed by atoms with van der Waals surface area (Å²) in [6.45, 7) is 1.77. The molecule has 2 atom stereocenters. The number of hydrogen-bond acceptors (Lipinski definition) is 3. The van der Waals surface area contributed by atoms with Crippen molar-refractivity contribution >= 4 is 40.9 Å². The fraction of sp³-hybridized carbons (Fsp3) is 0.500. The number of carbonyl (C=O) groups excluding carboxylic acids is 3. The van der Waals surface area contributed by atoms with E-state index in [4.69, 9.17) is 23.2 Å². The molecule has 0 unspecified atom stereocenters. The van der Waals surface area contributed by atoms with E-state index in [1.54, 1.807) is 6.07 Å². The maximum Gasteiger partial charge on any atom is 0.253 e. The van der Waals surface area contributed by atoms with Crippen molar-refractivity contribution in [3.8, 4) is 0 Å². The van der Waals surface area contributed by atoms with Crippen LogP contribution in [0.4, 0.5) is 0 Å². The molecule has 3 N–H and O–H groups in total. The number of nitrogens with one attached hydrogen (secondary N) is 3. The first-order valence-corrected chi connectivity index (χ1v) is 9.41. The SMILES string of the molecule is C[C@@H]1CCCC[C@H]1NC(=O)CNC(=O)CNC(=O)c1ccc(Cl)cc1Cl. The first-order valence-electron chi connectivity index (χ1n) is 8.66. The van der Waals surface area contributed by atoms with Gasteiger partial charge < -0.3 is 16.0 Å². The second kappa shape index (κ2) is 9.78. The Labute approximate surface area is 163 Å². The summed E-state index contributed by atoms with van der Waals surface area (Å²) in [5.41, 5.74) is 0.230. The zero-order valence-electron chi connectivity index (χ0n) is 14.6. The van der Waals surface area contributed by atoms with Gasteiger partial charge in [0.25, 0.3) is 5.91 Å². The number of hydrogen-bond donors (Lipinski definition) is 3. The Kier molecular flexibility index (Phi) is 7.72. The molecule has 0 aliphatic heterocycles. The van der Waals surface area contributed by atoms with Gasteiger partial charge in [-0.2, -0.15) is 0 Å². The van der Waals surface area contributed by atoms with Crippen LogP contribution in [0.5, 0.6) is 0 Å². The molecule has 0 heterocycles. The van der Waals surface area contributed by atoms with Crippen molar-refractivity contribution in [3.63, 3.8) is 0 Å². The lowest BCUT2D eigenvalue weighted by Crippen LogP contribution is -2.47. The normalized spacial score (nSPS) is 19.5. The molecule has 0 saturated heterocycles. The van der Waals surface area contributed by atoms with E-state index in [1.807, 2.05) is 0 Å². The van der Waals surface area contributed by atoms with Crippen molar-refractivity contribution in [3.05, 3.63) is 33.8 Å². The molecule has 1 aromatic rings. The fourth-order valence-corrected chi connectivity index (χ4v) is 3.45. The van der Waals surface area contributed by atoms with Gasteiger partial charge in [-0.1, -0.05) is 43.0 Å². The number of amides is 3. The smallest absolute Gasteiger partial charge is 0.253 e. The van der Waals surface area contributed by atoms with Gasteiger partial charge in [-0.25, -0.2) is 0 Å². The van der Waals surface area contributed by atoms with Gasteiger partial charge >= 0.3 is 0 Å². The molecule has 26 heavy (non-hydrogen) atoms. The Hall–Kier alpha value is -1.79. The predicted octanol–water partition coefficient (Wildman–Crippen LogP) is 2.53. The van der Waals surface area contributed by atoms with Crippen LogP contribution < -0.4 is 16.0 Å². The molecule has 8 heteroatoms. The van der Waals surface area contributed by atoms with Crippen LogP contribution in [-0.2, 0) is 9.59 Å². The van der Waals surface area contributed by atoms with Gasteiger partial charge in [-0.05, 0) is 37.0 Å². The first kappa shape index (κ1) is 20.5. The van der Waals surface area contributed by atoms with E-state index in [1.165, 1.54) is 18.6 Å². The number of benzene rings is 1. The zero-order chi connectivity index (χ0) is 19.1. The van der Waals surface area contributed by atoms with E-state index >= 15 is 0 Å². The van der Waals surface area contributed by atoms with E-state index in [0.717, 1.165) is 19.3 Å². The van der Waals surface area contributed by atoms with Crippen molar-refractivity contribution in [1.29, 1.82) is 0 Å². The average Bonchev–Trinajstić information content (AvgIpc) is 2.60. The average molecular weight is 400 g/mol. The highest BCUT2D eigenvalue weighted by atomic mass is 35.5. The van der Waals surface area contributed by atoms with Crippen LogP contribution in [0.15, 0.2) is 18.2 Å². The largest absolute Gasteiger partial charge is 0.352 e. The van der Waals surface area contributed by atoms with E-state index in [0.29, 0.717) is 10.9 Å². The van der Waals surface area contributed by atoms with E-state index < -0.39 is 11.8 Å². The van der Waals surface area contributed by atoms with Gasteiger partial charge in [0.05, 0.1) is 23.7 Å². The Morgan fingerprint density at radius 3 is 2.42 bits per heavy atom. The summed E-state index contributed by atoms with van der Waals surface area (Å²) in [5, 5.41) is 8.54. The maximum absolute atomic E-state index is 12.0. The highest BCUT2D eigenvalue weighted by molar-refractivity contribution is 6.36. The molecule has 6 nitrogen and oxygen atoms in total. The minimum absolute atomic E-state index is 0.111. The molecule has 1 aliphatic rings. The number of rotatable bonds is 6. The highest BCUT2D eigenvalue weighted by Crippen LogP contribution is 2.23. The lowest BCUT2D eigenvalue weighted by atomic mass is 9.86. The molecule has 0 bridgehead atoms. The van der Waals surface area contributed by atoms with Crippen LogP contribution in [0.1, 0.15) is 43.0 Å². The molecular weight excluding hydrogens is 377 g/mol. The summed E-state index contributed by atoms with van der Waals surface area (Å²) in [7, 11) is 0. The Balaban J connectivity index is 1.71. The highest BCUT2D eigenvalue weighted by Gasteiger charge is 2.22. The number of carbonyl (C=O) groups is 3. The van der Waals surface area contributed by atoms with Crippen molar-refractivity contribution in [2.75, 3.05) is 13.1 Å². The second-order valence-electron chi connectivity index (χ2n) is 6.52. The molecular formula is C18H23Cl2N3O3. The Morgan fingerprint density at radius 1 is 1.04 bits per heavy atom. The van der Waals surface area contributed by atoms with Gasteiger partial charge in [0.1, 0.15) is 0 Å². The second-order valence-corrected chi connectivity index (χ2v) is 7.36. The van der Waals surface area contributed by atoms with Crippen molar-refractivity contribution in [2.45, 2.75) is 38.6 Å². The van der Waals surface area contributed by atoms with Crippen LogP contribution in [0, 0.1) is 5.92 Å². The molecule has 0 spiro atoms. The van der Waals surface area contributed by atoms with Gasteiger partial charge in [0, 0.05) is 11.1 Å². The van der Waals surface area contributed by atoms with Crippen molar-refractivity contribution < 1.29 is 14.4 Å². The van der Waals surface area contributed by atoms with Crippen LogP contribution in [0.2, 0.25) is 10.0 Å². The third-order valence-corrected chi connectivity index (χ3v) is 5.04. The van der Waals surface area contributed by atoms with E-state index in [2.05, 4.69) is 22.9 Å². The molecule has 2 rings (SSSR count). The van der Waals surface area contributed by atoms with E-state index in [9.17, 15) is 14.4 Å². The quantitative estimate of drug-likeness (QED) is 0.686. The Morgan fingerprint density at radius 2 is 1.73 bits per heavy atom. The lowest BCUT2D eigenvalue weighted by Gasteiger charge is -2.29. The molecule has 0 aromatic heterocycles. The van der Waals surface area contributed by atoms with E-state index in [-0.39, 0.29) is 35.6 Å². The van der Waals surface area contributed by atoms with Gasteiger partial charge in [0.2, 0.25) is 11.8 Å². The van der Waals surface area contributed by atoms with Crippen molar-refractivity contribution in [2.24, 2.45) is 5.92 Å². The molecule has 1 aliphatic carbocycles. The van der Waals surface area contributed by atoms with Crippen LogP contribution in [0.3, 0.4) is 0 Å². The standard InChI is InChI=1S/C18H23Cl2N3O3/c1-11-4-2-3-5-15(11)23-17(25)10-21-16(24)9-22-18(26)13-7-6-12(19)8-14(13)20/h6-8,11,15H,2-5,9-10H2,1H3,(H,21,24)(H,22,26)(H,23,25)/t11-,15-/m1/s1. The third kappa shape index (κ3) is 6.18. The minimum atomic E-state index is -0.484. The van der Waals surface area contributed by atoms with Crippen LogP contribution >= 0.6 is 23.2 Å². The molecule has 1 aromatic carbocycles. The zero-order valence-corrected chi connectivity index (χ0v) is 16.1. The summed E-state index contributed by atoms with van der Waals surface area (Å²) in [4.78, 5) is 35.8. The van der Waals surface area contributed by atoms with Gasteiger partial charge in [0.15, 0.2) is 0 Å². The van der Waals surface area contributed by atoms with Gasteiger partial charge in [-0.15, -0.1) is 0 Å². The summed E-state index contributed by atoms with van der Waals surface area (Å²) in [5.74, 6) is -0.700. The summed E-state index contributed by atoms with van der Waals surface area (Å²) >= 11 is 11.7. The predicted molar refractivity (Wildman–Crippen MR) is 101 cm³/mol. The van der Waals surface area contributed by atoms with Crippen molar-refractivity contribution in [1.82, 2.24) is 16.0 Å². The Bertz CT molecular complexity index is 682.